The van der Waals surface area contributed by atoms with Gasteiger partial charge in [0.2, 0.25) is 5.78 Å². The van der Waals surface area contributed by atoms with Crippen LogP contribution >= 0.6 is 0 Å². The van der Waals surface area contributed by atoms with E-state index in [2.05, 4.69) is 48.5 Å². The minimum Gasteiger partial charge on any atom is -0.486 e. The van der Waals surface area contributed by atoms with E-state index in [-0.39, 0.29) is 36.0 Å². The number of ketones is 2. The van der Waals surface area contributed by atoms with E-state index in [1.54, 1.807) is 7.11 Å². The number of Topliss-reactive ketones (excluding diaryl/α,β-unsaturated/α-hetero) is 2. The number of methoxy groups -OCH3 is 1. The minimum absolute atomic E-state index is 0.101. The van der Waals surface area contributed by atoms with Crippen molar-refractivity contribution in [3.8, 4) is 0 Å². The number of allylic oxidation sites excluding steroid dienone is 2. The van der Waals surface area contributed by atoms with E-state index in [0.29, 0.717) is 52.8 Å². The number of ether oxygens (including phenoxy) is 4. The van der Waals surface area contributed by atoms with Crippen molar-refractivity contribution in [3.05, 3.63) is 22.5 Å². The highest BCUT2D eigenvalue weighted by atomic mass is 28.4. The smallest absolute Gasteiger partial charge is 0.224 e. The highest BCUT2D eigenvalue weighted by Crippen LogP contribution is 2.46. The van der Waals surface area contributed by atoms with Crippen LogP contribution in [0.4, 0.5) is 0 Å². The second kappa shape index (κ2) is 12.9. The third kappa shape index (κ3) is 5.90. The molecule has 3 rings (SSSR count). The Morgan fingerprint density at radius 2 is 1.61 bits per heavy atom. The molecule has 3 aliphatic rings. The molecule has 1 aliphatic carbocycles. The van der Waals surface area contributed by atoms with Crippen LogP contribution in [0.15, 0.2) is 22.5 Å². The van der Waals surface area contributed by atoms with Gasteiger partial charge in [0, 0.05) is 36.2 Å². The Morgan fingerprint density at radius 3 is 2.13 bits per heavy atom. The van der Waals surface area contributed by atoms with Crippen LogP contribution in [0.25, 0.3) is 0 Å². The Kier molecular flexibility index (Phi) is 10.6. The zero-order valence-electron chi connectivity index (χ0n) is 25.2. The summed E-state index contributed by atoms with van der Waals surface area (Å²) in [5.74, 6) is -0.392. The van der Waals surface area contributed by atoms with Crippen LogP contribution in [-0.2, 0) is 33.0 Å². The van der Waals surface area contributed by atoms with Crippen LogP contribution in [0, 0.1) is 5.92 Å². The van der Waals surface area contributed by atoms with Gasteiger partial charge in [0.1, 0.15) is 6.10 Å². The molecule has 2 aliphatic heterocycles. The van der Waals surface area contributed by atoms with Crippen LogP contribution in [0.3, 0.4) is 0 Å². The second-order valence-electron chi connectivity index (χ2n) is 12.2. The fraction of sp³-hybridized carbons (Fsp3) is 0.800. The van der Waals surface area contributed by atoms with E-state index >= 15 is 0 Å². The maximum Gasteiger partial charge on any atom is 0.224 e. The molecule has 0 saturated carbocycles. The molecule has 0 amide bonds. The molecule has 7 nitrogen and oxygen atoms in total. The summed E-state index contributed by atoms with van der Waals surface area (Å²) in [6.45, 7) is 19.9. The molecule has 0 aromatic carbocycles. The summed E-state index contributed by atoms with van der Waals surface area (Å²) in [7, 11) is -0.535. The molecule has 8 heteroatoms. The van der Waals surface area contributed by atoms with Crippen LogP contribution in [0.5, 0.6) is 0 Å². The first-order valence-corrected chi connectivity index (χ1v) is 16.7. The summed E-state index contributed by atoms with van der Waals surface area (Å²) in [6.07, 6.45) is 1.19. The van der Waals surface area contributed by atoms with E-state index < -0.39 is 26.8 Å². The topological polar surface area (TPSA) is 80.3 Å². The molecule has 0 radical (unpaired) electrons. The monoisotopic (exact) mass is 550 g/mol. The number of carbonyl (C=O) groups is 2. The van der Waals surface area contributed by atoms with Gasteiger partial charge in [0.25, 0.3) is 0 Å². The highest BCUT2D eigenvalue weighted by Gasteiger charge is 2.52. The van der Waals surface area contributed by atoms with Crippen molar-refractivity contribution in [1.29, 1.82) is 0 Å². The fourth-order valence-corrected chi connectivity index (χ4v) is 12.4. The van der Waals surface area contributed by atoms with Crippen molar-refractivity contribution >= 4 is 19.9 Å². The molecule has 216 valence electrons. The number of hydrogen-bond acceptors (Lipinski definition) is 7. The standard InChI is InChI=1S/C30H50O7Si/c1-11-12-13-21-27(31)23-15-34-29-22(26(23)28(32)30(21)36-17(2)3)14-25(33-10)37-24(29)16-35-38(18(4)5,19(6)7)20(8)9/h17-20,22,24-25,29H,11-16H2,1-10H3/t22-,24-,25+,29+/m1/s1. The maximum atomic E-state index is 14.0. The van der Waals surface area contributed by atoms with Gasteiger partial charge in [-0.25, -0.2) is 0 Å². The number of unbranched alkanes of at least 4 members (excludes halogenated alkanes) is 1. The predicted octanol–water partition coefficient (Wildman–Crippen LogP) is 6.27. The van der Waals surface area contributed by atoms with Crippen molar-refractivity contribution in [3.63, 3.8) is 0 Å². The Balaban J connectivity index is 1.96. The first kappa shape index (κ1) is 31.2. The zero-order chi connectivity index (χ0) is 28.4. The first-order chi connectivity index (χ1) is 17.9. The van der Waals surface area contributed by atoms with E-state index in [4.69, 9.17) is 23.4 Å². The van der Waals surface area contributed by atoms with Crippen LogP contribution in [-0.4, -0.2) is 64.8 Å². The Morgan fingerprint density at radius 1 is 0.974 bits per heavy atom. The highest BCUT2D eigenvalue weighted by molar-refractivity contribution is 6.77. The molecular formula is C30H50O7Si. The second-order valence-corrected chi connectivity index (χ2v) is 17.7. The molecule has 2 heterocycles. The number of hydrogen-bond donors (Lipinski definition) is 0. The number of carbonyl (C=O) groups excluding carboxylic acids is 2. The Labute approximate surface area is 230 Å². The lowest BCUT2D eigenvalue weighted by Crippen LogP contribution is -2.56. The van der Waals surface area contributed by atoms with E-state index in [1.807, 2.05) is 13.8 Å². The van der Waals surface area contributed by atoms with Gasteiger partial charge >= 0.3 is 0 Å². The molecule has 0 N–H and O–H groups in total. The number of rotatable bonds is 12. The Bertz CT molecular complexity index is 911. The summed E-state index contributed by atoms with van der Waals surface area (Å²) >= 11 is 0. The van der Waals surface area contributed by atoms with Gasteiger partial charge in [-0.3, -0.25) is 9.59 Å². The Hall–Kier alpha value is -1.32. The lowest BCUT2D eigenvalue weighted by atomic mass is 9.74. The summed E-state index contributed by atoms with van der Waals surface area (Å²) in [5, 5.41) is 0. The molecule has 0 unspecified atom stereocenters. The van der Waals surface area contributed by atoms with E-state index in [1.165, 1.54) is 0 Å². The van der Waals surface area contributed by atoms with Gasteiger partial charge in [0.15, 0.2) is 26.1 Å². The quantitative estimate of drug-likeness (QED) is 0.209. The van der Waals surface area contributed by atoms with Crippen molar-refractivity contribution in [1.82, 2.24) is 0 Å². The summed E-state index contributed by atoms with van der Waals surface area (Å²) in [4.78, 5) is 27.7. The molecule has 4 atom stereocenters. The third-order valence-electron chi connectivity index (χ3n) is 8.53. The number of fused-ring (bicyclic) bond motifs is 2. The average Bonchev–Trinajstić information content (AvgIpc) is 2.85. The SMILES string of the molecule is CCCCC1=C(OC(C)C)C(=O)C2=C(CO[C@H]3[C@@H]2C[C@@H](OC)O[C@@H]3CO[Si](C(C)C)(C(C)C)C(C)C)C1=O. The molecule has 0 spiro atoms. The van der Waals surface area contributed by atoms with Gasteiger partial charge in [-0.2, -0.15) is 0 Å². The van der Waals surface area contributed by atoms with Crippen molar-refractivity contribution in [2.45, 2.75) is 129 Å². The normalized spacial score (nSPS) is 26.7. The zero-order valence-corrected chi connectivity index (χ0v) is 26.2. The van der Waals surface area contributed by atoms with Gasteiger partial charge < -0.3 is 23.4 Å². The van der Waals surface area contributed by atoms with Gasteiger partial charge in [0.05, 0.1) is 25.4 Å². The van der Waals surface area contributed by atoms with E-state index in [9.17, 15) is 9.59 Å². The molecule has 0 aromatic rings. The minimum atomic E-state index is -2.15. The van der Waals surface area contributed by atoms with Crippen LogP contribution in [0.2, 0.25) is 16.6 Å². The van der Waals surface area contributed by atoms with Gasteiger partial charge in [-0.15, -0.1) is 0 Å². The average molecular weight is 551 g/mol. The summed E-state index contributed by atoms with van der Waals surface area (Å²) in [5.41, 5.74) is 2.79. The molecule has 0 bridgehead atoms. The fourth-order valence-electron chi connectivity index (χ4n) is 6.91. The van der Waals surface area contributed by atoms with Gasteiger partial charge in [-0.1, -0.05) is 54.9 Å². The molecule has 38 heavy (non-hydrogen) atoms. The van der Waals surface area contributed by atoms with Gasteiger partial charge in [-0.05, 0) is 43.3 Å². The van der Waals surface area contributed by atoms with Crippen molar-refractivity contribution in [2.24, 2.45) is 5.92 Å². The summed E-state index contributed by atoms with van der Waals surface area (Å²) < 4.78 is 31.3. The molecule has 1 fully saturated rings. The summed E-state index contributed by atoms with van der Waals surface area (Å²) in [6, 6.07) is 0. The predicted molar refractivity (Wildman–Crippen MR) is 150 cm³/mol. The largest absolute Gasteiger partial charge is 0.486 e. The lowest BCUT2D eigenvalue weighted by Gasteiger charge is -2.48. The van der Waals surface area contributed by atoms with Crippen LogP contribution < -0.4 is 0 Å². The van der Waals surface area contributed by atoms with Crippen molar-refractivity contribution < 1.29 is 33.0 Å². The lowest BCUT2D eigenvalue weighted by molar-refractivity contribution is -0.242. The molecule has 1 saturated heterocycles. The van der Waals surface area contributed by atoms with Crippen LogP contribution in [0.1, 0.15) is 88.0 Å². The van der Waals surface area contributed by atoms with E-state index in [0.717, 1.165) is 12.8 Å². The van der Waals surface area contributed by atoms with Crippen molar-refractivity contribution in [2.75, 3.05) is 20.3 Å². The third-order valence-corrected chi connectivity index (χ3v) is 14.6. The molecule has 0 aromatic heterocycles. The molecular weight excluding hydrogens is 500 g/mol. The maximum absolute atomic E-state index is 14.0. The first-order valence-electron chi connectivity index (χ1n) is 14.6.